The lowest BCUT2D eigenvalue weighted by atomic mass is 10.1. The zero-order valence-corrected chi connectivity index (χ0v) is 42.7. The van der Waals surface area contributed by atoms with E-state index in [1.165, 1.54) is 70.6 Å². The highest BCUT2D eigenvalue weighted by atomic mass is 16.6. The monoisotopic (exact) mass is 915 g/mol. The average Bonchev–Trinajstić information content (AvgIpc) is 3.31. The fourth-order valence-corrected chi connectivity index (χ4v) is 7.02. The van der Waals surface area contributed by atoms with Crippen molar-refractivity contribution < 1.29 is 28.6 Å². The average molecular weight is 915 g/mol. The maximum Gasteiger partial charge on any atom is 0.306 e. The number of hydrogen-bond acceptors (Lipinski definition) is 6. The molecule has 0 aliphatic rings. The number of esters is 3. The van der Waals surface area contributed by atoms with Gasteiger partial charge in [0.2, 0.25) is 0 Å². The highest BCUT2D eigenvalue weighted by Crippen LogP contribution is 2.13. The highest BCUT2D eigenvalue weighted by molar-refractivity contribution is 5.71. The molecule has 0 aromatic rings. The molecule has 6 nitrogen and oxygen atoms in total. The Morgan fingerprint density at radius 1 is 0.318 bits per heavy atom. The zero-order chi connectivity index (χ0) is 47.9. The molecule has 0 aliphatic heterocycles. The smallest absolute Gasteiger partial charge is 0.306 e. The first-order chi connectivity index (χ1) is 32.5. The van der Waals surface area contributed by atoms with E-state index in [0.29, 0.717) is 19.3 Å². The normalized spacial score (nSPS) is 13.0. The van der Waals surface area contributed by atoms with E-state index in [0.717, 1.165) is 116 Å². The number of carbonyl (C=O) groups excluding carboxylic acids is 3. The molecule has 0 bridgehead atoms. The molecule has 0 amide bonds. The Balaban J connectivity index is 4.47. The standard InChI is InChI=1S/C60H98O6/c1-4-7-10-13-16-19-22-24-26-28-30-32-33-35-38-41-44-47-50-53-59(62)65-56-57(55-64-58(61)52-49-46-43-40-37-21-18-15-12-9-6-3)66-60(63)54-51-48-45-42-39-36-34-31-29-27-25-23-20-17-14-11-8-5-2/h7,9-10,12,16,18-19,21,24,26,30-32,34-35,38,40,43,57H,4-6,8,11,13-15,17,20,22-23,25,27-29,33,36-37,39,41-42,44-56H2,1-3H3/b10-7-,12-9-,19-16-,21-18-,26-24-,32-30-,34-31-,38-35-,43-40-. The summed E-state index contributed by atoms with van der Waals surface area (Å²) in [6.45, 7) is 6.32. The van der Waals surface area contributed by atoms with Gasteiger partial charge < -0.3 is 14.2 Å². The SMILES string of the molecule is CC/C=C\C/C=C\C/C=C\C/C=C\C/C=C\CCCCCC(=O)OCC(COC(=O)CCC/C=C\C/C=C\C/C=C\CC)OC(=O)CCCCCCC/C=C\CCCCCCCCCCC. The van der Waals surface area contributed by atoms with Crippen LogP contribution in [0.25, 0.3) is 0 Å². The molecule has 0 N–H and O–H groups in total. The van der Waals surface area contributed by atoms with E-state index < -0.39 is 6.10 Å². The molecular formula is C60H98O6. The summed E-state index contributed by atoms with van der Waals surface area (Å²) >= 11 is 0. The van der Waals surface area contributed by atoms with Crippen LogP contribution in [0.3, 0.4) is 0 Å². The molecule has 374 valence electrons. The lowest BCUT2D eigenvalue weighted by molar-refractivity contribution is -0.167. The summed E-state index contributed by atoms with van der Waals surface area (Å²) in [7, 11) is 0. The summed E-state index contributed by atoms with van der Waals surface area (Å²) in [5.41, 5.74) is 0. The molecule has 0 aromatic carbocycles. The van der Waals surface area contributed by atoms with Gasteiger partial charge in [-0.25, -0.2) is 0 Å². The van der Waals surface area contributed by atoms with Crippen molar-refractivity contribution in [2.45, 2.75) is 239 Å². The number of rotatable bonds is 47. The summed E-state index contributed by atoms with van der Waals surface area (Å²) in [6, 6.07) is 0. The highest BCUT2D eigenvalue weighted by Gasteiger charge is 2.19. The van der Waals surface area contributed by atoms with E-state index in [9.17, 15) is 14.4 Å². The van der Waals surface area contributed by atoms with Gasteiger partial charge in [0.05, 0.1) is 0 Å². The lowest BCUT2D eigenvalue weighted by Crippen LogP contribution is -2.30. The Kier molecular flexibility index (Phi) is 50.5. The third kappa shape index (κ3) is 51.1. The van der Waals surface area contributed by atoms with E-state index in [4.69, 9.17) is 14.2 Å². The topological polar surface area (TPSA) is 78.9 Å². The fourth-order valence-electron chi connectivity index (χ4n) is 7.02. The fraction of sp³-hybridized carbons (Fsp3) is 0.650. The summed E-state index contributed by atoms with van der Waals surface area (Å²) in [6.07, 6.45) is 72.3. The third-order valence-electron chi connectivity index (χ3n) is 11.0. The van der Waals surface area contributed by atoms with Crippen LogP contribution in [0.4, 0.5) is 0 Å². The maximum atomic E-state index is 12.8. The molecule has 0 fully saturated rings. The quantitative estimate of drug-likeness (QED) is 0.0262. The maximum absolute atomic E-state index is 12.8. The lowest BCUT2D eigenvalue weighted by Gasteiger charge is -2.18. The van der Waals surface area contributed by atoms with Gasteiger partial charge in [-0.1, -0.05) is 207 Å². The third-order valence-corrected chi connectivity index (χ3v) is 11.0. The van der Waals surface area contributed by atoms with Crippen LogP contribution in [0.2, 0.25) is 0 Å². The van der Waals surface area contributed by atoms with Crippen LogP contribution in [-0.2, 0) is 28.6 Å². The number of carbonyl (C=O) groups is 3. The Morgan fingerprint density at radius 2 is 0.606 bits per heavy atom. The first-order valence-electron chi connectivity index (χ1n) is 26.9. The van der Waals surface area contributed by atoms with Gasteiger partial charge in [-0.05, 0) is 116 Å². The molecule has 6 heteroatoms. The Morgan fingerprint density at radius 3 is 1.02 bits per heavy atom. The van der Waals surface area contributed by atoms with Crippen LogP contribution in [0.1, 0.15) is 233 Å². The molecule has 66 heavy (non-hydrogen) atoms. The Hall–Kier alpha value is -3.93. The van der Waals surface area contributed by atoms with E-state index in [1.54, 1.807) is 0 Å². The van der Waals surface area contributed by atoms with Crippen LogP contribution >= 0.6 is 0 Å². The number of ether oxygens (including phenoxy) is 3. The summed E-state index contributed by atoms with van der Waals surface area (Å²) in [5, 5.41) is 0. The zero-order valence-electron chi connectivity index (χ0n) is 42.7. The molecule has 0 saturated carbocycles. The van der Waals surface area contributed by atoms with Crippen molar-refractivity contribution in [3.8, 4) is 0 Å². The van der Waals surface area contributed by atoms with Gasteiger partial charge >= 0.3 is 17.9 Å². The minimum Gasteiger partial charge on any atom is -0.462 e. The second kappa shape index (κ2) is 53.7. The van der Waals surface area contributed by atoms with Gasteiger partial charge in [-0.2, -0.15) is 0 Å². The minimum absolute atomic E-state index is 0.116. The number of unbranched alkanes of at least 4 members (excludes halogenated alkanes) is 18. The second-order valence-electron chi connectivity index (χ2n) is 17.4. The van der Waals surface area contributed by atoms with Crippen molar-refractivity contribution in [3.05, 3.63) is 109 Å². The molecule has 0 radical (unpaired) electrons. The molecule has 0 saturated heterocycles. The number of hydrogen-bond donors (Lipinski definition) is 0. The molecular weight excluding hydrogens is 817 g/mol. The van der Waals surface area contributed by atoms with Gasteiger partial charge in [-0.15, -0.1) is 0 Å². The van der Waals surface area contributed by atoms with Gasteiger partial charge in [0.1, 0.15) is 13.2 Å². The largest absolute Gasteiger partial charge is 0.462 e. The molecule has 0 aromatic heterocycles. The first kappa shape index (κ1) is 62.1. The van der Waals surface area contributed by atoms with Crippen LogP contribution in [0.5, 0.6) is 0 Å². The van der Waals surface area contributed by atoms with Gasteiger partial charge in [0, 0.05) is 19.3 Å². The Bertz CT molecular complexity index is 1370. The van der Waals surface area contributed by atoms with E-state index in [2.05, 4.69) is 130 Å². The second-order valence-corrected chi connectivity index (χ2v) is 17.4. The van der Waals surface area contributed by atoms with Crippen molar-refractivity contribution in [1.29, 1.82) is 0 Å². The molecule has 0 spiro atoms. The van der Waals surface area contributed by atoms with Gasteiger partial charge in [-0.3, -0.25) is 14.4 Å². The van der Waals surface area contributed by atoms with Crippen LogP contribution in [-0.4, -0.2) is 37.2 Å². The van der Waals surface area contributed by atoms with Gasteiger partial charge in [0.15, 0.2) is 6.10 Å². The Labute approximate surface area is 406 Å². The van der Waals surface area contributed by atoms with Gasteiger partial charge in [0.25, 0.3) is 0 Å². The number of allylic oxidation sites excluding steroid dienone is 18. The minimum atomic E-state index is -0.818. The summed E-state index contributed by atoms with van der Waals surface area (Å²) < 4.78 is 16.7. The van der Waals surface area contributed by atoms with Crippen molar-refractivity contribution in [2.24, 2.45) is 0 Å². The summed E-state index contributed by atoms with van der Waals surface area (Å²) in [5.74, 6) is -1.01. The van der Waals surface area contributed by atoms with Crippen molar-refractivity contribution >= 4 is 17.9 Å². The predicted molar refractivity (Wildman–Crippen MR) is 283 cm³/mol. The molecule has 1 unspecified atom stereocenters. The van der Waals surface area contributed by atoms with E-state index >= 15 is 0 Å². The molecule has 0 aliphatic carbocycles. The molecule has 0 heterocycles. The van der Waals surface area contributed by atoms with Crippen molar-refractivity contribution in [3.63, 3.8) is 0 Å². The summed E-state index contributed by atoms with van der Waals surface area (Å²) in [4.78, 5) is 38.0. The molecule has 0 rings (SSSR count). The molecule has 1 atom stereocenters. The first-order valence-corrected chi connectivity index (χ1v) is 26.9. The van der Waals surface area contributed by atoms with Crippen molar-refractivity contribution in [1.82, 2.24) is 0 Å². The predicted octanol–water partition coefficient (Wildman–Crippen LogP) is 17.9. The van der Waals surface area contributed by atoms with E-state index in [-0.39, 0.29) is 37.5 Å². The van der Waals surface area contributed by atoms with Crippen molar-refractivity contribution in [2.75, 3.05) is 13.2 Å². The van der Waals surface area contributed by atoms with Crippen LogP contribution in [0, 0.1) is 0 Å². The van der Waals surface area contributed by atoms with Crippen LogP contribution < -0.4 is 0 Å². The van der Waals surface area contributed by atoms with Crippen LogP contribution in [0.15, 0.2) is 109 Å². The van der Waals surface area contributed by atoms with E-state index in [1.807, 2.05) is 0 Å².